The molecule has 1 fully saturated rings. The van der Waals surface area contributed by atoms with Crippen molar-refractivity contribution in [2.24, 2.45) is 5.92 Å². The number of benzene rings is 1. The third-order valence-electron chi connectivity index (χ3n) is 3.86. The van der Waals surface area contributed by atoms with Crippen LogP contribution >= 0.6 is 0 Å². The van der Waals surface area contributed by atoms with Gasteiger partial charge in [0, 0.05) is 18.7 Å². The molecule has 0 bridgehead atoms. The maximum absolute atomic E-state index is 12.0. The van der Waals surface area contributed by atoms with Crippen molar-refractivity contribution in [3.63, 3.8) is 0 Å². The molecule has 1 saturated carbocycles. The second-order valence-electron chi connectivity index (χ2n) is 5.58. The molecule has 110 valence electrons. The van der Waals surface area contributed by atoms with Gasteiger partial charge in [-0.3, -0.25) is 4.79 Å². The minimum Gasteiger partial charge on any atom is -0.399 e. The molecule has 20 heavy (non-hydrogen) atoms. The largest absolute Gasteiger partial charge is 0.399 e. The van der Waals surface area contributed by atoms with Gasteiger partial charge in [-0.25, -0.2) is 0 Å². The van der Waals surface area contributed by atoms with Crippen molar-refractivity contribution in [1.29, 1.82) is 0 Å². The maximum atomic E-state index is 12.0. The van der Waals surface area contributed by atoms with Crippen LogP contribution in [-0.2, 0) is 9.53 Å². The van der Waals surface area contributed by atoms with Crippen LogP contribution in [0.15, 0.2) is 24.3 Å². The van der Waals surface area contributed by atoms with Crippen molar-refractivity contribution in [2.75, 3.05) is 12.3 Å². The summed E-state index contributed by atoms with van der Waals surface area (Å²) in [6, 6.07) is 7.63. The van der Waals surface area contributed by atoms with Crippen LogP contribution < -0.4 is 11.1 Å². The Morgan fingerprint density at radius 3 is 2.90 bits per heavy atom. The average Bonchev–Trinajstić information content (AvgIpc) is 2.36. The van der Waals surface area contributed by atoms with E-state index in [0.29, 0.717) is 18.4 Å². The first-order chi connectivity index (χ1) is 9.58. The lowest BCUT2D eigenvalue weighted by Gasteiger charge is -2.34. The number of hydrogen-bond donors (Lipinski definition) is 2. The highest BCUT2D eigenvalue weighted by Crippen LogP contribution is 2.32. The van der Waals surface area contributed by atoms with E-state index in [1.165, 1.54) is 0 Å². The van der Waals surface area contributed by atoms with E-state index in [4.69, 9.17) is 10.5 Å². The number of hydrogen-bond acceptors (Lipinski definition) is 3. The molecule has 0 saturated heterocycles. The first kappa shape index (κ1) is 14.9. The van der Waals surface area contributed by atoms with Gasteiger partial charge < -0.3 is 15.8 Å². The molecule has 2 rings (SSSR count). The monoisotopic (exact) mass is 276 g/mol. The zero-order chi connectivity index (χ0) is 14.5. The summed E-state index contributed by atoms with van der Waals surface area (Å²) in [5, 5.41) is 3.03. The number of rotatable bonds is 6. The van der Waals surface area contributed by atoms with Gasteiger partial charge in [0.15, 0.2) is 0 Å². The van der Waals surface area contributed by atoms with Gasteiger partial charge in [-0.1, -0.05) is 12.1 Å². The Bertz CT molecular complexity index is 456. The van der Waals surface area contributed by atoms with Gasteiger partial charge in [0.05, 0.1) is 12.1 Å². The molecule has 4 heteroatoms. The number of nitrogens with two attached hydrogens (primary N) is 1. The molecule has 1 atom stereocenters. The Labute approximate surface area is 120 Å². The van der Waals surface area contributed by atoms with E-state index in [1.807, 2.05) is 38.1 Å². The van der Waals surface area contributed by atoms with Crippen LogP contribution in [0.25, 0.3) is 0 Å². The van der Waals surface area contributed by atoms with E-state index < -0.39 is 0 Å². The molecule has 0 spiro atoms. The van der Waals surface area contributed by atoms with Crippen LogP contribution in [0.1, 0.15) is 44.7 Å². The number of carbonyl (C=O) groups excluding carboxylic acids is 1. The molecule has 0 aliphatic heterocycles. The fraction of sp³-hybridized carbons (Fsp3) is 0.562. The van der Waals surface area contributed by atoms with Crippen LogP contribution in [0.5, 0.6) is 0 Å². The minimum absolute atomic E-state index is 0.00577. The molecule has 0 radical (unpaired) electrons. The fourth-order valence-corrected chi connectivity index (χ4v) is 2.69. The molecule has 3 N–H and O–H groups in total. The van der Waals surface area contributed by atoms with Crippen LogP contribution in [-0.4, -0.2) is 18.6 Å². The highest BCUT2D eigenvalue weighted by atomic mass is 16.5. The number of amides is 1. The second-order valence-corrected chi connectivity index (χ2v) is 5.58. The van der Waals surface area contributed by atoms with Crippen LogP contribution in [0.2, 0.25) is 0 Å². The van der Waals surface area contributed by atoms with E-state index in [-0.39, 0.29) is 11.9 Å². The fourth-order valence-electron chi connectivity index (χ4n) is 2.69. The molecule has 1 aromatic rings. The van der Waals surface area contributed by atoms with E-state index >= 15 is 0 Å². The van der Waals surface area contributed by atoms with Gasteiger partial charge in [-0.2, -0.15) is 0 Å². The van der Waals surface area contributed by atoms with Crippen molar-refractivity contribution < 1.29 is 9.53 Å². The van der Waals surface area contributed by atoms with E-state index in [9.17, 15) is 4.79 Å². The predicted octanol–water partition coefficient (Wildman–Crippen LogP) is 2.65. The Kier molecular flexibility index (Phi) is 5.01. The van der Waals surface area contributed by atoms with Gasteiger partial charge in [0.2, 0.25) is 5.91 Å². The maximum Gasteiger partial charge on any atom is 0.220 e. The Balaban J connectivity index is 1.75. The van der Waals surface area contributed by atoms with Gasteiger partial charge >= 0.3 is 0 Å². The molecular weight excluding hydrogens is 252 g/mol. The molecular formula is C16H24N2O2. The third-order valence-corrected chi connectivity index (χ3v) is 3.86. The lowest BCUT2D eigenvalue weighted by Crippen LogP contribution is -2.36. The van der Waals surface area contributed by atoms with Crippen molar-refractivity contribution in [3.05, 3.63) is 29.8 Å². The first-order valence-electron chi connectivity index (χ1n) is 7.35. The zero-order valence-corrected chi connectivity index (χ0v) is 12.3. The highest BCUT2D eigenvalue weighted by Gasteiger charge is 2.31. The molecule has 4 nitrogen and oxygen atoms in total. The Morgan fingerprint density at radius 2 is 2.25 bits per heavy atom. The van der Waals surface area contributed by atoms with E-state index in [1.54, 1.807) is 0 Å². The lowest BCUT2D eigenvalue weighted by atomic mass is 9.80. The topological polar surface area (TPSA) is 64.3 Å². The van der Waals surface area contributed by atoms with Gasteiger partial charge in [0.25, 0.3) is 0 Å². The summed E-state index contributed by atoms with van der Waals surface area (Å²) in [6.45, 7) is 4.75. The molecule has 1 unspecified atom stereocenters. The Hall–Kier alpha value is -1.55. The van der Waals surface area contributed by atoms with E-state index in [0.717, 1.165) is 30.7 Å². The standard InChI is InChI=1S/C16H24N2O2/c1-3-20-15-7-12(8-15)9-16(19)18-11(2)13-5-4-6-14(17)10-13/h4-6,10-12,15H,3,7-9,17H2,1-2H3,(H,18,19). The summed E-state index contributed by atoms with van der Waals surface area (Å²) in [7, 11) is 0. The summed E-state index contributed by atoms with van der Waals surface area (Å²) in [5.74, 6) is 0.583. The number of anilines is 1. The number of carbonyl (C=O) groups is 1. The molecule has 0 heterocycles. The van der Waals surface area contributed by atoms with E-state index in [2.05, 4.69) is 5.32 Å². The summed E-state index contributed by atoms with van der Waals surface area (Å²) < 4.78 is 5.51. The third kappa shape index (κ3) is 3.97. The van der Waals surface area contributed by atoms with Crippen LogP contribution in [0.3, 0.4) is 0 Å². The molecule has 1 aliphatic rings. The van der Waals surface area contributed by atoms with Gasteiger partial charge in [-0.05, 0) is 50.3 Å². The molecule has 1 amide bonds. The van der Waals surface area contributed by atoms with Gasteiger partial charge in [0.1, 0.15) is 0 Å². The van der Waals surface area contributed by atoms with Crippen molar-refractivity contribution in [2.45, 2.75) is 45.3 Å². The number of nitrogens with one attached hydrogen (secondary N) is 1. The predicted molar refractivity (Wildman–Crippen MR) is 80.2 cm³/mol. The van der Waals surface area contributed by atoms with Crippen molar-refractivity contribution in [3.8, 4) is 0 Å². The Morgan fingerprint density at radius 1 is 1.50 bits per heavy atom. The summed E-state index contributed by atoms with van der Waals surface area (Å²) in [5.41, 5.74) is 7.52. The average molecular weight is 276 g/mol. The quantitative estimate of drug-likeness (QED) is 0.785. The second kappa shape index (κ2) is 6.75. The smallest absolute Gasteiger partial charge is 0.220 e. The van der Waals surface area contributed by atoms with Crippen molar-refractivity contribution in [1.82, 2.24) is 5.32 Å². The molecule has 1 aliphatic carbocycles. The molecule has 1 aromatic carbocycles. The SMILES string of the molecule is CCOC1CC(CC(=O)NC(C)c2cccc(N)c2)C1. The van der Waals surface area contributed by atoms with Crippen LogP contribution in [0, 0.1) is 5.92 Å². The molecule has 0 aromatic heterocycles. The summed E-state index contributed by atoms with van der Waals surface area (Å²) in [6.07, 6.45) is 2.97. The number of ether oxygens (including phenoxy) is 1. The van der Waals surface area contributed by atoms with Crippen molar-refractivity contribution >= 4 is 11.6 Å². The first-order valence-corrected chi connectivity index (χ1v) is 7.35. The summed E-state index contributed by atoms with van der Waals surface area (Å²) in [4.78, 5) is 12.0. The number of nitrogen functional groups attached to an aromatic ring is 1. The normalized spacial score (nSPS) is 22.9. The summed E-state index contributed by atoms with van der Waals surface area (Å²) >= 11 is 0. The van der Waals surface area contributed by atoms with Crippen LogP contribution in [0.4, 0.5) is 5.69 Å². The van der Waals surface area contributed by atoms with Gasteiger partial charge in [-0.15, -0.1) is 0 Å². The lowest BCUT2D eigenvalue weighted by molar-refractivity contribution is -0.124. The minimum atomic E-state index is -0.00577. The zero-order valence-electron chi connectivity index (χ0n) is 12.3. The highest BCUT2D eigenvalue weighted by molar-refractivity contribution is 5.76.